The van der Waals surface area contributed by atoms with Crippen LogP contribution in [0.2, 0.25) is 5.02 Å². The zero-order valence-electron chi connectivity index (χ0n) is 12.0. The number of methoxy groups -OCH3 is 1. The van der Waals surface area contributed by atoms with Crippen LogP contribution in [0, 0.1) is 3.57 Å². The molecule has 0 aliphatic carbocycles. The normalized spacial score (nSPS) is 12.1. The smallest absolute Gasteiger partial charge is 0.416 e. The predicted molar refractivity (Wildman–Crippen MR) is 93.0 cm³/mol. The molecule has 4 nitrogen and oxygen atoms in total. The van der Waals surface area contributed by atoms with Crippen LogP contribution in [0.5, 0.6) is 5.75 Å². The Morgan fingerprint density at radius 2 is 1.83 bits per heavy atom. The van der Waals surface area contributed by atoms with E-state index in [-0.39, 0.29) is 15.6 Å². The molecule has 0 heterocycles. The van der Waals surface area contributed by atoms with Gasteiger partial charge in [-0.05, 0) is 59.0 Å². The van der Waals surface area contributed by atoms with Crippen molar-refractivity contribution in [3.05, 3.63) is 50.6 Å². The summed E-state index contributed by atoms with van der Waals surface area (Å²) >= 11 is 7.69. The maximum Gasteiger partial charge on any atom is 0.416 e. The van der Waals surface area contributed by atoms with Gasteiger partial charge in [-0.2, -0.15) is 13.2 Å². The predicted octanol–water partition coefficient (Wildman–Crippen LogP) is 4.77. The van der Waals surface area contributed by atoms with Crippen molar-refractivity contribution in [2.24, 2.45) is 0 Å². The van der Waals surface area contributed by atoms with Gasteiger partial charge < -0.3 is 4.74 Å². The van der Waals surface area contributed by atoms with Crippen LogP contribution in [0.3, 0.4) is 0 Å². The summed E-state index contributed by atoms with van der Waals surface area (Å²) in [6, 6.07) is 6.48. The van der Waals surface area contributed by atoms with Crippen LogP contribution < -0.4 is 9.46 Å². The highest BCUT2D eigenvalue weighted by molar-refractivity contribution is 14.1. The van der Waals surface area contributed by atoms with Gasteiger partial charge in [-0.3, -0.25) is 4.72 Å². The highest BCUT2D eigenvalue weighted by atomic mass is 127. The molecule has 0 saturated carbocycles. The molecule has 0 spiro atoms. The van der Waals surface area contributed by atoms with Crippen molar-refractivity contribution in [3.63, 3.8) is 0 Å². The third kappa shape index (κ3) is 4.25. The molecule has 2 rings (SSSR count). The van der Waals surface area contributed by atoms with Gasteiger partial charge in [-0.25, -0.2) is 8.42 Å². The maximum atomic E-state index is 12.8. The summed E-state index contributed by atoms with van der Waals surface area (Å²) in [7, 11) is -2.67. The number of anilines is 1. The lowest BCUT2D eigenvalue weighted by Gasteiger charge is -2.13. The summed E-state index contributed by atoms with van der Waals surface area (Å²) < 4.78 is 70.7. The highest BCUT2D eigenvalue weighted by Gasteiger charge is 2.31. The van der Waals surface area contributed by atoms with Crippen molar-refractivity contribution in [2.45, 2.75) is 11.1 Å². The van der Waals surface area contributed by atoms with Crippen LogP contribution in [-0.4, -0.2) is 15.5 Å². The Labute approximate surface area is 155 Å². The second-order valence-corrected chi connectivity index (χ2v) is 7.85. The van der Waals surface area contributed by atoms with Crippen LogP contribution in [0.25, 0.3) is 0 Å². The summed E-state index contributed by atoms with van der Waals surface area (Å²) in [6.07, 6.45) is -4.61. The third-order valence-corrected chi connectivity index (χ3v) is 5.51. The van der Waals surface area contributed by atoms with Crippen LogP contribution in [0.15, 0.2) is 41.3 Å². The number of hydrogen-bond acceptors (Lipinski definition) is 3. The average molecular weight is 492 g/mol. The first kappa shape index (κ1) is 19.1. The van der Waals surface area contributed by atoms with Crippen molar-refractivity contribution >= 4 is 49.9 Å². The Kier molecular flexibility index (Phi) is 5.55. The van der Waals surface area contributed by atoms with Crippen molar-refractivity contribution < 1.29 is 26.3 Å². The largest absolute Gasteiger partial charge is 0.496 e. The van der Waals surface area contributed by atoms with Gasteiger partial charge in [-0.1, -0.05) is 11.6 Å². The molecule has 0 fully saturated rings. The Morgan fingerprint density at radius 1 is 1.17 bits per heavy atom. The van der Waals surface area contributed by atoms with Gasteiger partial charge in [0.15, 0.2) is 0 Å². The SMILES string of the molecule is COc1ccc(S(=O)(=O)Nc2cc(C(F)(F)F)ccc2Cl)cc1I. The van der Waals surface area contributed by atoms with E-state index in [1.807, 2.05) is 22.6 Å². The molecule has 2 aromatic rings. The van der Waals surface area contributed by atoms with Crippen molar-refractivity contribution in [3.8, 4) is 5.75 Å². The number of halogens is 5. The minimum atomic E-state index is -4.61. The number of rotatable bonds is 4. The lowest BCUT2D eigenvalue weighted by Crippen LogP contribution is -2.14. The molecule has 0 amide bonds. The molecule has 1 N–H and O–H groups in total. The van der Waals surface area contributed by atoms with Gasteiger partial charge in [0.2, 0.25) is 0 Å². The Morgan fingerprint density at radius 3 is 2.38 bits per heavy atom. The van der Waals surface area contributed by atoms with E-state index < -0.39 is 21.8 Å². The number of ether oxygens (including phenoxy) is 1. The van der Waals surface area contributed by atoms with E-state index in [0.717, 1.165) is 12.1 Å². The van der Waals surface area contributed by atoms with Crippen molar-refractivity contribution in [1.82, 2.24) is 0 Å². The van der Waals surface area contributed by atoms with Crippen LogP contribution in [0.1, 0.15) is 5.56 Å². The minimum Gasteiger partial charge on any atom is -0.496 e. The molecule has 0 aliphatic heterocycles. The van der Waals surface area contributed by atoms with E-state index >= 15 is 0 Å². The van der Waals surface area contributed by atoms with E-state index in [2.05, 4.69) is 4.72 Å². The highest BCUT2D eigenvalue weighted by Crippen LogP contribution is 2.35. The van der Waals surface area contributed by atoms with E-state index in [4.69, 9.17) is 16.3 Å². The van der Waals surface area contributed by atoms with Gasteiger partial charge in [0, 0.05) is 0 Å². The van der Waals surface area contributed by atoms with Crippen molar-refractivity contribution in [1.29, 1.82) is 0 Å². The molecule has 10 heteroatoms. The van der Waals surface area contributed by atoms with E-state index in [9.17, 15) is 21.6 Å². The number of nitrogens with one attached hydrogen (secondary N) is 1. The zero-order valence-corrected chi connectivity index (χ0v) is 15.7. The molecule has 0 unspecified atom stereocenters. The summed E-state index contributed by atoms with van der Waals surface area (Å²) in [4.78, 5) is -0.124. The molecule has 2 aromatic carbocycles. The summed E-state index contributed by atoms with van der Waals surface area (Å²) in [5, 5.41) is -0.144. The standard InChI is InChI=1S/C14H10ClF3INO3S/c1-23-13-5-3-9(7-11(13)19)24(21,22)20-12-6-8(14(16,17)18)2-4-10(12)15/h2-7,20H,1H3. The van der Waals surface area contributed by atoms with Crippen molar-refractivity contribution in [2.75, 3.05) is 11.8 Å². The number of alkyl halides is 3. The fraction of sp³-hybridized carbons (Fsp3) is 0.143. The Bertz CT molecular complexity index is 872. The first-order valence-electron chi connectivity index (χ1n) is 6.27. The molecular formula is C14H10ClF3INO3S. The van der Waals surface area contributed by atoms with Gasteiger partial charge in [0.25, 0.3) is 10.0 Å². The van der Waals surface area contributed by atoms with E-state index in [0.29, 0.717) is 15.4 Å². The van der Waals surface area contributed by atoms with Crippen LogP contribution >= 0.6 is 34.2 Å². The first-order chi connectivity index (χ1) is 11.0. The molecule has 0 radical (unpaired) electrons. The van der Waals surface area contributed by atoms with Gasteiger partial charge in [-0.15, -0.1) is 0 Å². The zero-order chi connectivity index (χ0) is 18.1. The van der Waals surface area contributed by atoms with E-state index in [1.54, 1.807) is 0 Å². The van der Waals surface area contributed by atoms with Gasteiger partial charge >= 0.3 is 6.18 Å². The second-order valence-electron chi connectivity index (χ2n) is 4.59. The molecule has 0 atom stereocenters. The second kappa shape index (κ2) is 6.96. The molecule has 0 bridgehead atoms. The quantitative estimate of drug-likeness (QED) is 0.627. The summed E-state index contributed by atoms with van der Waals surface area (Å²) in [5.41, 5.74) is -1.36. The third-order valence-electron chi connectivity index (χ3n) is 2.97. The Hall–Kier alpha value is -1.20. The average Bonchev–Trinajstić information content (AvgIpc) is 2.48. The number of hydrogen-bond donors (Lipinski definition) is 1. The molecule has 24 heavy (non-hydrogen) atoms. The van der Waals surface area contributed by atoms with Crippen LogP contribution in [-0.2, 0) is 16.2 Å². The van der Waals surface area contributed by atoms with Gasteiger partial charge in [0.05, 0.1) is 31.8 Å². The summed E-state index contributed by atoms with van der Waals surface area (Å²) in [6.45, 7) is 0. The van der Waals surface area contributed by atoms with Gasteiger partial charge in [0.1, 0.15) is 5.75 Å². The monoisotopic (exact) mass is 491 g/mol. The maximum absolute atomic E-state index is 12.8. The fourth-order valence-electron chi connectivity index (χ4n) is 1.80. The fourth-order valence-corrected chi connectivity index (χ4v) is 4.06. The minimum absolute atomic E-state index is 0.124. The number of benzene rings is 2. The topological polar surface area (TPSA) is 55.4 Å². The lowest BCUT2D eigenvalue weighted by atomic mass is 10.2. The molecule has 0 saturated heterocycles. The first-order valence-corrected chi connectivity index (χ1v) is 9.21. The molecule has 0 aromatic heterocycles. The van der Waals surface area contributed by atoms with E-state index in [1.165, 1.54) is 25.3 Å². The summed E-state index contributed by atoms with van der Waals surface area (Å²) in [5.74, 6) is 0.478. The molecule has 130 valence electrons. The van der Waals surface area contributed by atoms with Crippen LogP contribution in [0.4, 0.5) is 18.9 Å². The Balaban J connectivity index is 2.41. The number of sulfonamides is 1. The molecule has 0 aliphatic rings. The molecular weight excluding hydrogens is 482 g/mol. The lowest BCUT2D eigenvalue weighted by molar-refractivity contribution is -0.137.